The van der Waals surface area contributed by atoms with Crippen molar-refractivity contribution in [1.82, 2.24) is 4.90 Å². The molecule has 0 radical (unpaired) electrons. The largest absolute Gasteiger partial charge is 0.478 e. The number of aromatic carboxylic acids is 1. The Labute approximate surface area is 142 Å². The van der Waals surface area contributed by atoms with Crippen LogP contribution >= 0.6 is 0 Å². The van der Waals surface area contributed by atoms with E-state index in [0.29, 0.717) is 5.56 Å². The molecule has 0 heterocycles. The summed E-state index contributed by atoms with van der Waals surface area (Å²) in [5, 5.41) is 9.24. The fourth-order valence-corrected chi connectivity index (χ4v) is 2.82. The van der Waals surface area contributed by atoms with E-state index in [1.54, 1.807) is 30.1 Å². The molecule has 0 aliphatic heterocycles. The average molecular weight is 325 g/mol. The minimum Gasteiger partial charge on any atom is -0.478 e. The van der Waals surface area contributed by atoms with E-state index in [1.807, 2.05) is 18.2 Å². The van der Waals surface area contributed by atoms with Gasteiger partial charge in [-0.05, 0) is 30.0 Å². The van der Waals surface area contributed by atoms with Gasteiger partial charge >= 0.3 is 5.97 Å². The van der Waals surface area contributed by atoms with Gasteiger partial charge in [0, 0.05) is 13.1 Å². The third-order valence-electron chi connectivity index (χ3n) is 4.32. The Hall–Kier alpha value is -2.62. The number of likely N-dealkylation sites (N-methyl/N-ethyl adjacent to an activating group) is 1. The van der Waals surface area contributed by atoms with Gasteiger partial charge in [0.15, 0.2) is 0 Å². The van der Waals surface area contributed by atoms with Gasteiger partial charge < -0.3 is 10.0 Å². The molecule has 0 fully saturated rings. The van der Waals surface area contributed by atoms with Crippen molar-refractivity contribution in [3.05, 3.63) is 71.3 Å². The number of amides is 1. The second kappa shape index (κ2) is 8.29. The van der Waals surface area contributed by atoms with E-state index in [2.05, 4.69) is 19.1 Å². The number of hydrogen-bond acceptors (Lipinski definition) is 2. The number of rotatable bonds is 7. The number of carbonyl (C=O) groups excluding carboxylic acids is 1. The molecule has 24 heavy (non-hydrogen) atoms. The summed E-state index contributed by atoms with van der Waals surface area (Å²) < 4.78 is 0. The van der Waals surface area contributed by atoms with Crippen molar-refractivity contribution in [2.45, 2.75) is 32.2 Å². The number of carbonyl (C=O) groups is 2. The highest BCUT2D eigenvalue weighted by Crippen LogP contribution is 2.15. The average Bonchev–Trinajstić information content (AvgIpc) is 2.60. The second-order valence-corrected chi connectivity index (χ2v) is 5.90. The summed E-state index contributed by atoms with van der Waals surface area (Å²) in [6, 6.07) is 16.8. The highest BCUT2D eigenvalue weighted by Gasteiger charge is 2.21. The normalized spacial score (nSPS) is 11.8. The maximum Gasteiger partial charge on any atom is 0.335 e. The molecule has 2 aromatic rings. The molecule has 4 nitrogen and oxygen atoms in total. The highest BCUT2D eigenvalue weighted by molar-refractivity contribution is 5.91. The van der Waals surface area contributed by atoms with E-state index in [0.717, 1.165) is 12.8 Å². The Kier molecular flexibility index (Phi) is 6.13. The maximum absolute atomic E-state index is 12.6. The van der Waals surface area contributed by atoms with Crippen LogP contribution in [0.1, 0.15) is 34.8 Å². The van der Waals surface area contributed by atoms with Crippen molar-refractivity contribution in [2.24, 2.45) is 0 Å². The van der Waals surface area contributed by atoms with E-state index < -0.39 is 5.97 Å². The molecule has 0 bridgehead atoms. The van der Waals surface area contributed by atoms with Gasteiger partial charge in [0.2, 0.25) is 5.91 Å². The molecule has 126 valence electrons. The van der Waals surface area contributed by atoms with E-state index in [-0.39, 0.29) is 23.9 Å². The van der Waals surface area contributed by atoms with Crippen LogP contribution in [0.5, 0.6) is 0 Å². The van der Waals surface area contributed by atoms with Crippen molar-refractivity contribution in [3.8, 4) is 0 Å². The lowest BCUT2D eigenvalue weighted by Gasteiger charge is -2.28. The standard InChI is InChI=1S/C20H23NO3/c1-3-17(13-15-9-5-4-6-10-15)21(2)19(22)14-16-11-7-8-12-18(16)20(23)24/h4-12,17H,3,13-14H2,1-2H3,(H,23,24). The molecular formula is C20H23NO3. The van der Waals surface area contributed by atoms with Crippen LogP contribution in [0.2, 0.25) is 0 Å². The lowest BCUT2D eigenvalue weighted by Crippen LogP contribution is -2.39. The second-order valence-electron chi connectivity index (χ2n) is 5.90. The molecule has 1 atom stereocenters. The van der Waals surface area contributed by atoms with Crippen molar-refractivity contribution >= 4 is 11.9 Å². The van der Waals surface area contributed by atoms with Crippen LogP contribution in [0.3, 0.4) is 0 Å². The van der Waals surface area contributed by atoms with E-state index in [9.17, 15) is 14.7 Å². The van der Waals surface area contributed by atoms with Crippen LogP contribution in [0.15, 0.2) is 54.6 Å². The van der Waals surface area contributed by atoms with Crippen molar-refractivity contribution in [2.75, 3.05) is 7.05 Å². The Morgan fingerprint density at radius 2 is 1.67 bits per heavy atom. The van der Waals surface area contributed by atoms with Crippen LogP contribution in [0, 0.1) is 0 Å². The van der Waals surface area contributed by atoms with Crippen LogP contribution in [0.4, 0.5) is 0 Å². The number of carboxylic acids is 1. The molecular weight excluding hydrogens is 302 g/mol. The quantitative estimate of drug-likeness (QED) is 0.849. The Morgan fingerprint density at radius 1 is 1.04 bits per heavy atom. The third kappa shape index (κ3) is 4.44. The molecule has 0 aromatic heterocycles. The molecule has 0 spiro atoms. The topological polar surface area (TPSA) is 57.6 Å². The molecule has 2 rings (SSSR count). The van der Waals surface area contributed by atoms with Gasteiger partial charge in [-0.2, -0.15) is 0 Å². The van der Waals surface area contributed by atoms with Gasteiger partial charge in [0.1, 0.15) is 0 Å². The lowest BCUT2D eigenvalue weighted by molar-refractivity contribution is -0.131. The van der Waals surface area contributed by atoms with Gasteiger partial charge in [-0.3, -0.25) is 4.79 Å². The van der Waals surface area contributed by atoms with E-state index >= 15 is 0 Å². The fourth-order valence-electron chi connectivity index (χ4n) is 2.82. The molecule has 0 aliphatic carbocycles. The third-order valence-corrected chi connectivity index (χ3v) is 4.32. The molecule has 4 heteroatoms. The monoisotopic (exact) mass is 325 g/mol. The van der Waals surface area contributed by atoms with Gasteiger partial charge in [-0.15, -0.1) is 0 Å². The predicted octanol–water partition coefficient (Wildman–Crippen LogP) is 3.41. The minimum atomic E-state index is -1.00. The zero-order valence-corrected chi connectivity index (χ0v) is 14.1. The van der Waals surface area contributed by atoms with Crippen molar-refractivity contribution in [3.63, 3.8) is 0 Å². The van der Waals surface area contributed by atoms with Crippen LogP contribution < -0.4 is 0 Å². The lowest BCUT2D eigenvalue weighted by atomic mass is 10.0. The summed E-state index contributed by atoms with van der Waals surface area (Å²) in [5.41, 5.74) is 1.93. The summed E-state index contributed by atoms with van der Waals surface area (Å²) in [6.45, 7) is 2.06. The minimum absolute atomic E-state index is 0.0634. The van der Waals surface area contributed by atoms with Crippen molar-refractivity contribution in [1.29, 1.82) is 0 Å². The van der Waals surface area contributed by atoms with Gasteiger partial charge in [-0.1, -0.05) is 55.5 Å². The van der Waals surface area contributed by atoms with Gasteiger partial charge in [-0.25, -0.2) is 4.79 Å². The molecule has 2 aromatic carbocycles. The molecule has 0 aliphatic rings. The SMILES string of the molecule is CCC(Cc1ccccc1)N(C)C(=O)Cc1ccccc1C(=O)O. The molecule has 1 unspecified atom stereocenters. The Balaban J connectivity index is 2.09. The zero-order chi connectivity index (χ0) is 17.5. The van der Waals surface area contributed by atoms with Gasteiger partial charge in [0.25, 0.3) is 0 Å². The zero-order valence-electron chi connectivity index (χ0n) is 14.1. The van der Waals surface area contributed by atoms with Crippen LogP contribution in [0.25, 0.3) is 0 Å². The van der Waals surface area contributed by atoms with Crippen LogP contribution in [-0.4, -0.2) is 35.0 Å². The number of carboxylic acid groups (broad SMARTS) is 1. The first-order chi connectivity index (χ1) is 11.5. The first-order valence-electron chi connectivity index (χ1n) is 8.13. The number of nitrogens with zero attached hydrogens (tertiary/aromatic N) is 1. The number of benzene rings is 2. The highest BCUT2D eigenvalue weighted by atomic mass is 16.4. The smallest absolute Gasteiger partial charge is 0.335 e. The van der Waals surface area contributed by atoms with E-state index in [4.69, 9.17) is 0 Å². The first kappa shape index (κ1) is 17.7. The summed E-state index contributed by atoms with van der Waals surface area (Å²) in [6.07, 6.45) is 1.74. The summed E-state index contributed by atoms with van der Waals surface area (Å²) in [5.74, 6) is -1.07. The molecule has 0 saturated heterocycles. The molecule has 1 amide bonds. The Morgan fingerprint density at radius 3 is 2.29 bits per heavy atom. The molecule has 1 N–H and O–H groups in total. The molecule has 0 saturated carbocycles. The number of hydrogen-bond donors (Lipinski definition) is 1. The van der Waals surface area contributed by atoms with E-state index in [1.165, 1.54) is 11.6 Å². The summed E-state index contributed by atoms with van der Waals surface area (Å²) >= 11 is 0. The maximum atomic E-state index is 12.6. The van der Waals surface area contributed by atoms with Crippen molar-refractivity contribution < 1.29 is 14.7 Å². The summed E-state index contributed by atoms with van der Waals surface area (Å²) in [4.78, 5) is 25.6. The first-order valence-corrected chi connectivity index (χ1v) is 8.13. The summed E-state index contributed by atoms with van der Waals surface area (Å²) in [7, 11) is 1.79. The van der Waals surface area contributed by atoms with Gasteiger partial charge in [0.05, 0.1) is 12.0 Å². The van der Waals surface area contributed by atoms with Crippen LogP contribution in [-0.2, 0) is 17.6 Å². The predicted molar refractivity (Wildman–Crippen MR) is 94.1 cm³/mol. The fraction of sp³-hybridized carbons (Fsp3) is 0.300. The Bertz CT molecular complexity index is 697.